The Morgan fingerprint density at radius 2 is 1.70 bits per heavy atom. The summed E-state index contributed by atoms with van der Waals surface area (Å²) in [5.74, 6) is 0.656. The molecule has 3 aromatic rings. The zero-order chi connectivity index (χ0) is 23.8. The van der Waals surface area contributed by atoms with Crippen LogP contribution in [0.2, 0.25) is 0 Å². The lowest BCUT2D eigenvalue weighted by Gasteiger charge is -2.12. The van der Waals surface area contributed by atoms with Crippen LogP contribution in [0, 0.1) is 10.1 Å². The molecule has 0 atom stereocenters. The van der Waals surface area contributed by atoms with Gasteiger partial charge >= 0.3 is 0 Å². The summed E-state index contributed by atoms with van der Waals surface area (Å²) in [6.07, 6.45) is 1.18. The number of benzene rings is 3. The van der Waals surface area contributed by atoms with E-state index in [9.17, 15) is 19.7 Å². The van der Waals surface area contributed by atoms with Crippen LogP contribution in [0.4, 0.5) is 11.4 Å². The minimum atomic E-state index is -0.483. The van der Waals surface area contributed by atoms with E-state index in [-0.39, 0.29) is 24.0 Å². The normalized spacial score (nSPS) is 10.4. The second-order valence-corrected chi connectivity index (χ2v) is 7.25. The van der Waals surface area contributed by atoms with Crippen molar-refractivity contribution >= 4 is 23.1 Å². The summed E-state index contributed by atoms with van der Waals surface area (Å²) in [6.45, 7) is 1.68. The van der Waals surface area contributed by atoms with E-state index in [1.54, 1.807) is 55.6 Å². The predicted molar refractivity (Wildman–Crippen MR) is 125 cm³/mol. The molecule has 0 unspecified atom stereocenters. The number of nitrogens with zero attached hydrogens (tertiary/aromatic N) is 1. The van der Waals surface area contributed by atoms with Gasteiger partial charge in [0.1, 0.15) is 11.5 Å². The van der Waals surface area contributed by atoms with Crippen molar-refractivity contribution in [3.05, 3.63) is 82.4 Å². The summed E-state index contributed by atoms with van der Waals surface area (Å²) in [5.41, 5.74) is 2.14. The van der Waals surface area contributed by atoms with Gasteiger partial charge in [0.2, 0.25) is 5.91 Å². The van der Waals surface area contributed by atoms with Crippen LogP contribution in [0.25, 0.3) is 11.1 Å². The molecule has 0 bridgehead atoms. The second kappa shape index (κ2) is 10.9. The van der Waals surface area contributed by atoms with Gasteiger partial charge in [-0.2, -0.15) is 0 Å². The highest BCUT2D eigenvalue weighted by atomic mass is 16.6. The standard InChI is InChI=1S/C25H24N2O6/c1-3-4-25(29)26-19-9-5-18(6-10-19)23(28)16-33-24-14-11-20(27(30)31)15-22(24)17-7-12-21(32-2)13-8-17/h5-15H,3-4,16H2,1-2H3,(H,26,29). The highest BCUT2D eigenvalue weighted by Crippen LogP contribution is 2.34. The van der Waals surface area contributed by atoms with Crippen molar-refractivity contribution in [2.75, 3.05) is 19.0 Å². The molecular formula is C25H24N2O6. The Kier molecular flexibility index (Phi) is 7.75. The Hall–Kier alpha value is -4.20. The first kappa shape index (κ1) is 23.5. The number of amides is 1. The van der Waals surface area contributed by atoms with Gasteiger partial charge < -0.3 is 14.8 Å². The third-order valence-electron chi connectivity index (χ3n) is 4.90. The van der Waals surface area contributed by atoms with Gasteiger partial charge in [-0.25, -0.2) is 0 Å². The number of Topliss-reactive ketones (excluding diaryl/α,β-unsaturated/α-hetero) is 1. The van der Waals surface area contributed by atoms with Gasteiger partial charge in [0.15, 0.2) is 12.4 Å². The van der Waals surface area contributed by atoms with Crippen molar-refractivity contribution in [2.24, 2.45) is 0 Å². The highest BCUT2D eigenvalue weighted by molar-refractivity contribution is 5.98. The Balaban J connectivity index is 1.75. The van der Waals surface area contributed by atoms with Crippen molar-refractivity contribution < 1.29 is 24.0 Å². The molecule has 0 aliphatic rings. The van der Waals surface area contributed by atoms with Gasteiger partial charge in [0.25, 0.3) is 5.69 Å². The lowest BCUT2D eigenvalue weighted by molar-refractivity contribution is -0.384. The predicted octanol–water partition coefficient (Wildman–Crippen LogP) is 5.27. The van der Waals surface area contributed by atoms with Crippen molar-refractivity contribution in [1.29, 1.82) is 0 Å². The molecule has 0 heterocycles. The van der Waals surface area contributed by atoms with Crippen molar-refractivity contribution in [3.8, 4) is 22.6 Å². The van der Waals surface area contributed by atoms with Crippen LogP contribution in [-0.4, -0.2) is 30.3 Å². The summed E-state index contributed by atoms with van der Waals surface area (Å²) in [6, 6.07) is 17.8. The number of carbonyl (C=O) groups excluding carboxylic acids is 2. The third kappa shape index (κ3) is 6.16. The SMILES string of the molecule is CCCC(=O)Nc1ccc(C(=O)COc2ccc([N+](=O)[O-])cc2-c2ccc(OC)cc2)cc1. The van der Waals surface area contributed by atoms with Crippen LogP contribution in [0.5, 0.6) is 11.5 Å². The van der Waals surface area contributed by atoms with Crippen molar-refractivity contribution in [3.63, 3.8) is 0 Å². The lowest BCUT2D eigenvalue weighted by atomic mass is 10.0. The molecule has 0 aliphatic heterocycles. The number of non-ortho nitro benzene ring substituents is 1. The summed E-state index contributed by atoms with van der Waals surface area (Å²) >= 11 is 0. The van der Waals surface area contributed by atoms with E-state index in [4.69, 9.17) is 9.47 Å². The topological polar surface area (TPSA) is 108 Å². The van der Waals surface area contributed by atoms with Gasteiger partial charge in [-0.15, -0.1) is 0 Å². The number of ether oxygens (including phenoxy) is 2. The summed E-state index contributed by atoms with van der Waals surface area (Å²) in [4.78, 5) is 35.1. The molecule has 3 aromatic carbocycles. The molecule has 1 N–H and O–H groups in total. The van der Waals surface area contributed by atoms with Gasteiger partial charge in [0, 0.05) is 35.4 Å². The van der Waals surface area contributed by atoms with Crippen LogP contribution in [-0.2, 0) is 4.79 Å². The molecule has 170 valence electrons. The second-order valence-electron chi connectivity index (χ2n) is 7.25. The molecule has 0 saturated heterocycles. The maximum atomic E-state index is 12.6. The Morgan fingerprint density at radius 1 is 1.00 bits per heavy atom. The largest absolute Gasteiger partial charge is 0.497 e. The summed E-state index contributed by atoms with van der Waals surface area (Å²) in [5, 5.41) is 14.0. The van der Waals surface area contributed by atoms with E-state index < -0.39 is 4.92 Å². The van der Waals surface area contributed by atoms with Gasteiger partial charge in [-0.1, -0.05) is 19.1 Å². The average Bonchev–Trinajstić information content (AvgIpc) is 2.83. The smallest absolute Gasteiger partial charge is 0.270 e. The first-order valence-corrected chi connectivity index (χ1v) is 10.4. The first-order valence-electron chi connectivity index (χ1n) is 10.4. The summed E-state index contributed by atoms with van der Waals surface area (Å²) in [7, 11) is 1.55. The number of methoxy groups -OCH3 is 1. The molecule has 0 aliphatic carbocycles. The maximum absolute atomic E-state index is 12.6. The zero-order valence-corrected chi connectivity index (χ0v) is 18.4. The molecule has 33 heavy (non-hydrogen) atoms. The fraction of sp³-hybridized carbons (Fsp3) is 0.200. The van der Waals surface area contributed by atoms with Crippen LogP contribution in [0.1, 0.15) is 30.1 Å². The quantitative estimate of drug-likeness (QED) is 0.257. The van der Waals surface area contributed by atoms with E-state index in [2.05, 4.69) is 5.32 Å². The average molecular weight is 448 g/mol. The number of hydrogen-bond donors (Lipinski definition) is 1. The number of nitro groups is 1. The van der Waals surface area contributed by atoms with E-state index in [1.807, 2.05) is 6.92 Å². The lowest BCUT2D eigenvalue weighted by Crippen LogP contribution is -2.13. The van der Waals surface area contributed by atoms with Crippen LogP contribution in [0.15, 0.2) is 66.7 Å². The van der Waals surface area contributed by atoms with Gasteiger partial charge in [0.05, 0.1) is 12.0 Å². The monoisotopic (exact) mass is 448 g/mol. The van der Waals surface area contributed by atoms with Crippen LogP contribution in [0.3, 0.4) is 0 Å². The molecule has 0 aromatic heterocycles. The Morgan fingerprint density at radius 3 is 2.30 bits per heavy atom. The van der Waals surface area contributed by atoms with E-state index in [1.165, 1.54) is 18.2 Å². The van der Waals surface area contributed by atoms with Crippen LogP contribution >= 0.6 is 0 Å². The van der Waals surface area contributed by atoms with Gasteiger partial charge in [-0.05, 0) is 54.4 Å². The number of nitrogens with one attached hydrogen (secondary N) is 1. The third-order valence-corrected chi connectivity index (χ3v) is 4.90. The Labute approximate surface area is 191 Å². The number of ketones is 1. The number of rotatable bonds is 10. The molecular weight excluding hydrogens is 424 g/mol. The molecule has 0 fully saturated rings. The molecule has 0 spiro atoms. The van der Waals surface area contributed by atoms with E-state index in [0.29, 0.717) is 40.3 Å². The van der Waals surface area contributed by atoms with Crippen molar-refractivity contribution in [1.82, 2.24) is 0 Å². The molecule has 8 heteroatoms. The molecule has 8 nitrogen and oxygen atoms in total. The summed E-state index contributed by atoms with van der Waals surface area (Å²) < 4.78 is 10.9. The zero-order valence-electron chi connectivity index (χ0n) is 18.4. The number of hydrogen-bond acceptors (Lipinski definition) is 6. The number of carbonyl (C=O) groups is 2. The fourth-order valence-electron chi connectivity index (χ4n) is 3.17. The molecule has 1 amide bonds. The number of nitro benzene ring substituents is 1. The fourth-order valence-corrected chi connectivity index (χ4v) is 3.17. The Bertz CT molecular complexity index is 1140. The molecule has 0 radical (unpaired) electrons. The van der Waals surface area contributed by atoms with E-state index >= 15 is 0 Å². The first-order chi connectivity index (χ1) is 15.9. The van der Waals surface area contributed by atoms with Gasteiger partial charge in [-0.3, -0.25) is 19.7 Å². The van der Waals surface area contributed by atoms with Crippen molar-refractivity contribution in [2.45, 2.75) is 19.8 Å². The molecule has 3 rings (SSSR count). The molecule has 0 saturated carbocycles. The minimum Gasteiger partial charge on any atom is -0.497 e. The number of anilines is 1. The highest BCUT2D eigenvalue weighted by Gasteiger charge is 2.16. The maximum Gasteiger partial charge on any atom is 0.270 e. The van der Waals surface area contributed by atoms with E-state index in [0.717, 1.165) is 6.42 Å². The van der Waals surface area contributed by atoms with Crippen LogP contribution < -0.4 is 14.8 Å². The minimum absolute atomic E-state index is 0.0795.